The highest BCUT2D eigenvalue weighted by molar-refractivity contribution is 5.96. The highest BCUT2D eigenvalue weighted by Crippen LogP contribution is 2.40. The zero-order chi connectivity index (χ0) is 22.2. The van der Waals surface area contributed by atoms with Crippen LogP contribution in [0, 0.1) is 30.1 Å². The van der Waals surface area contributed by atoms with Gasteiger partial charge in [-0.3, -0.25) is 4.79 Å². The first-order chi connectivity index (χ1) is 14.7. The van der Waals surface area contributed by atoms with Crippen LogP contribution in [0.15, 0.2) is 24.3 Å². The van der Waals surface area contributed by atoms with Crippen LogP contribution in [0.2, 0.25) is 0 Å². The van der Waals surface area contributed by atoms with Crippen LogP contribution < -0.4 is 10.2 Å². The molecule has 4 nitrogen and oxygen atoms in total. The van der Waals surface area contributed by atoms with E-state index >= 15 is 0 Å². The lowest BCUT2D eigenvalue weighted by atomic mass is 9.69. The molecule has 2 aliphatic rings. The molecule has 1 saturated heterocycles. The number of carbonyl (C=O) groups is 1. The SMILES string of the molecule is Cc1cc(N2CCC(C)CC2)nc2ccc(NC(=O)C3CCC(C(C)(C)C)CC3)cc12. The van der Waals surface area contributed by atoms with Gasteiger partial charge in [0.1, 0.15) is 5.82 Å². The molecule has 0 unspecified atom stereocenters. The lowest BCUT2D eigenvalue weighted by Crippen LogP contribution is -2.33. The molecule has 2 aromatic rings. The van der Waals surface area contributed by atoms with Crippen molar-refractivity contribution in [1.29, 1.82) is 0 Å². The minimum absolute atomic E-state index is 0.136. The molecule has 0 atom stereocenters. The van der Waals surface area contributed by atoms with E-state index in [0.717, 1.165) is 73.0 Å². The predicted molar refractivity (Wildman–Crippen MR) is 131 cm³/mol. The topological polar surface area (TPSA) is 45.2 Å². The fourth-order valence-electron chi connectivity index (χ4n) is 5.32. The number of fused-ring (bicyclic) bond motifs is 1. The summed E-state index contributed by atoms with van der Waals surface area (Å²) in [5, 5.41) is 4.32. The van der Waals surface area contributed by atoms with E-state index in [4.69, 9.17) is 4.98 Å². The molecule has 2 fully saturated rings. The number of hydrogen-bond donors (Lipinski definition) is 1. The molecule has 0 bridgehead atoms. The zero-order valence-corrected chi connectivity index (χ0v) is 20.0. The van der Waals surface area contributed by atoms with Crippen molar-refractivity contribution in [3.63, 3.8) is 0 Å². The Kier molecular flexibility index (Phi) is 6.27. The summed E-state index contributed by atoms with van der Waals surface area (Å²) in [6, 6.07) is 8.37. The van der Waals surface area contributed by atoms with Crippen LogP contribution in [0.5, 0.6) is 0 Å². The first kappa shape index (κ1) is 22.1. The lowest BCUT2D eigenvalue weighted by Gasteiger charge is -2.36. The fraction of sp³-hybridized carbons (Fsp3) is 0.630. The van der Waals surface area contributed by atoms with Crippen LogP contribution in [0.1, 0.15) is 71.8 Å². The Morgan fingerprint density at radius 3 is 2.35 bits per heavy atom. The number of nitrogens with one attached hydrogen (secondary N) is 1. The van der Waals surface area contributed by atoms with Crippen LogP contribution in [-0.4, -0.2) is 24.0 Å². The third-order valence-corrected chi connectivity index (χ3v) is 7.70. The van der Waals surface area contributed by atoms with Gasteiger partial charge in [-0.15, -0.1) is 0 Å². The maximum atomic E-state index is 12.9. The minimum Gasteiger partial charge on any atom is -0.357 e. The van der Waals surface area contributed by atoms with Crippen molar-refractivity contribution in [3.8, 4) is 0 Å². The summed E-state index contributed by atoms with van der Waals surface area (Å²) in [4.78, 5) is 20.3. The fourth-order valence-corrected chi connectivity index (χ4v) is 5.32. The Morgan fingerprint density at radius 2 is 1.71 bits per heavy atom. The average molecular weight is 422 g/mol. The molecule has 31 heavy (non-hydrogen) atoms. The Labute approximate surface area is 187 Å². The summed E-state index contributed by atoms with van der Waals surface area (Å²) in [5.41, 5.74) is 3.47. The highest BCUT2D eigenvalue weighted by Gasteiger charge is 2.32. The molecule has 2 heterocycles. The summed E-state index contributed by atoms with van der Waals surface area (Å²) < 4.78 is 0. The lowest BCUT2D eigenvalue weighted by molar-refractivity contribution is -0.121. The molecule has 0 radical (unpaired) electrons. The molecular formula is C27H39N3O. The van der Waals surface area contributed by atoms with Crippen LogP contribution in [0.3, 0.4) is 0 Å². The number of hydrogen-bond acceptors (Lipinski definition) is 3. The van der Waals surface area contributed by atoms with E-state index in [1.807, 2.05) is 6.07 Å². The highest BCUT2D eigenvalue weighted by atomic mass is 16.1. The number of rotatable bonds is 3. The normalized spacial score (nSPS) is 23.2. The second-order valence-corrected chi connectivity index (χ2v) is 11.1. The van der Waals surface area contributed by atoms with E-state index in [2.05, 4.69) is 63.0 Å². The summed E-state index contributed by atoms with van der Waals surface area (Å²) in [6.07, 6.45) is 6.78. The largest absolute Gasteiger partial charge is 0.357 e. The van der Waals surface area contributed by atoms with Gasteiger partial charge in [0.15, 0.2) is 0 Å². The van der Waals surface area contributed by atoms with Gasteiger partial charge < -0.3 is 10.2 Å². The van der Waals surface area contributed by atoms with Crippen LogP contribution in [-0.2, 0) is 4.79 Å². The van der Waals surface area contributed by atoms with Crippen molar-refractivity contribution in [2.75, 3.05) is 23.3 Å². The van der Waals surface area contributed by atoms with Crippen LogP contribution in [0.25, 0.3) is 10.9 Å². The Hall–Kier alpha value is -2.10. The van der Waals surface area contributed by atoms with Crippen LogP contribution in [0.4, 0.5) is 11.5 Å². The van der Waals surface area contributed by atoms with Crippen molar-refractivity contribution < 1.29 is 4.79 Å². The number of aromatic nitrogens is 1. The molecule has 1 N–H and O–H groups in total. The quantitative estimate of drug-likeness (QED) is 0.609. The molecule has 1 aliphatic carbocycles. The van der Waals surface area contributed by atoms with Gasteiger partial charge in [0.25, 0.3) is 0 Å². The van der Waals surface area contributed by atoms with Crippen molar-refractivity contribution >= 4 is 28.3 Å². The van der Waals surface area contributed by atoms with Crippen molar-refractivity contribution in [2.45, 2.75) is 73.1 Å². The molecular weight excluding hydrogens is 382 g/mol. The molecule has 1 amide bonds. The zero-order valence-electron chi connectivity index (χ0n) is 20.0. The molecule has 168 valence electrons. The predicted octanol–water partition coefficient (Wildman–Crippen LogP) is 6.57. The van der Waals surface area contributed by atoms with Gasteiger partial charge in [-0.25, -0.2) is 4.98 Å². The molecule has 1 aromatic carbocycles. The molecule has 4 heteroatoms. The van der Waals surface area contributed by atoms with E-state index in [9.17, 15) is 4.79 Å². The van der Waals surface area contributed by atoms with Gasteiger partial charge in [0, 0.05) is 30.1 Å². The number of benzene rings is 1. The summed E-state index contributed by atoms with van der Waals surface area (Å²) in [6.45, 7) is 13.6. The van der Waals surface area contributed by atoms with Gasteiger partial charge >= 0.3 is 0 Å². The van der Waals surface area contributed by atoms with E-state index in [-0.39, 0.29) is 11.8 Å². The maximum Gasteiger partial charge on any atom is 0.227 e. The van der Waals surface area contributed by atoms with Crippen molar-refractivity contribution in [3.05, 3.63) is 29.8 Å². The number of pyridine rings is 1. The second kappa shape index (κ2) is 8.80. The second-order valence-electron chi connectivity index (χ2n) is 11.1. The molecule has 1 aromatic heterocycles. The van der Waals surface area contributed by atoms with Gasteiger partial charge in [-0.2, -0.15) is 0 Å². The number of nitrogens with zero attached hydrogens (tertiary/aromatic N) is 2. The Bertz CT molecular complexity index is 929. The Morgan fingerprint density at radius 1 is 1.03 bits per heavy atom. The third-order valence-electron chi connectivity index (χ3n) is 7.70. The van der Waals surface area contributed by atoms with Gasteiger partial charge in [0.05, 0.1) is 5.52 Å². The molecule has 0 spiro atoms. The minimum atomic E-state index is 0.136. The van der Waals surface area contributed by atoms with Crippen molar-refractivity contribution in [2.24, 2.45) is 23.2 Å². The first-order valence-electron chi connectivity index (χ1n) is 12.2. The summed E-state index contributed by atoms with van der Waals surface area (Å²) in [7, 11) is 0. The van der Waals surface area contributed by atoms with Crippen LogP contribution >= 0.6 is 0 Å². The van der Waals surface area contributed by atoms with Gasteiger partial charge in [0.2, 0.25) is 5.91 Å². The summed E-state index contributed by atoms with van der Waals surface area (Å²) >= 11 is 0. The first-order valence-corrected chi connectivity index (χ1v) is 12.2. The molecule has 4 rings (SSSR count). The third kappa shape index (κ3) is 5.05. The summed E-state index contributed by atoms with van der Waals surface area (Å²) in [5.74, 6) is 2.94. The molecule has 1 saturated carbocycles. The average Bonchev–Trinajstić information content (AvgIpc) is 2.74. The smallest absolute Gasteiger partial charge is 0.227 e. The van der Waals surface area contributed by atoms with E-state index < -0.39 is 0 Å². The molecule has 1 aliphatic heterocycles. The van der Waals surface area contributed by atoms with Gasteiger partial charge in [-0.1, -0.05) is 27.7 Å². The van der Waals surface area contributed by atoms with Crippen molar-refractivity contribution in [1.82, 2.24) is 4.98 Å². The monoisotopic (exact) mass is 421 g/mol. The van der Waals surface area contributed by atoms with E-state index in [1.165, 1.54) is 18.4 Å². The number of amides is 1. The number of carbonyl (C=O) groups excluding carboxylic acids is 1. The standard InChI is InChI=1S/C27H39N3O/c1-18-12-14-30(15-13-18)25-16-19(2)23-17-22(10-11-24(23)29-25)28-26(31)20-6-8-21(9-7-20)27(3,4)5/h10-11,16-18,20-21H,6-9,12-15H2,1-5H3,(H,28,31). The maximum absolute atomic E-state index is 12.9. The number of aryl methyl sites for hydroxylation is 1. The number of anilines is 2. The van der Waals surface area contributed by atoms with E-state index in [0.29, 0.717) is 5.41 Å². The van der Waals surface area contributed by atoms with Gasteiger partial charge in [-0.05, 0) is 92.5 Å². The van der Waals surface area contributed by atoms with E-state index in [1.54, 1.807) is 0 Å². The number of piperidine rings is 1. The Balaban J connectivity index is 1.44.